The minimum absolute atomic E-state index is 0.366. The van der Waals surface area contributed by atoms with Crippen molar-refractivity contribution in [1.82, 2.24) is 0 Å². The molecule has 0 saturated carbocycles. The van der Waals surface area contributed by atoms with Crippen molar-refractivity contribution in [1.29, 1.82) is 0 Å². The van der Waals surface area contributed by atoms with Crippen LogP contribution in [-0.4, -0.2) is 26.2 Å². The van der Waals surface area contributed by atoms with E-state index in [1.165, 1.54) is 14.2 Å². The zero-order valence-electron chi connectivity index (χ0n) is 16.2. The van der Waals surface area contributed by atoms with E-state index in [-0.39, 0.29) is 11.9 Å². The maximum Gasteiger partial charge on any atom is 0.337 e. The van der Waals surface area contributed by atoms with E-state index in [9.17, 15) is 9.59 Å². The largest absolute Gasteiger partial charge is 0.465 e. The summed E-state index contributed by atoms with van der Waals surface area (Å²) in [5.74, 6) is 0.974. The van der Waals surface area contributed by atoms with Crippen molar-refractivity contribution in [3.63, 3.8) is 0 Å². The number of fused-ring (bicyclic) bond motifs is 2. The van der Waals surface area contributed by atoms with Crippen LogP contribution in [0, 0.1) is 0 Å². The van der Waals surface area contributed by atoms with Gasteiger partial charge in [-0.15, -0.1) is 0 Å². The molecule has 4 aromatic rings. The minimum atomic E-state index is -0.366. The van der Waals surface area contributed by atoms with Crippen LogP contribution in [0.3, 0.4) is 0 Å². The lowest BCUT2D eigenvalue weighted by Crippen LogP contribution is -1.99. The predicted octanol–water partition coefficient (Wildman–Crippen LogP) is 4.93. The molecule has 0 fully saturated rings. The summed E-state index contributed by atoms with van der Waals surface area (Å²) in [5.41, 5.74) is 2.49. The Labute approximate surface area is 167 Å². The molecule has 0 amide bonds. The SMILES string of the molecule is COC(=O)c1ccc2oc(CCCc3cc4cc(C(=O)OC)ccc4o3)cc2c1. The van der Waals surface area contributed by atoms with Gasteiger partial charge in [-0.3, -0.25) is 0 Å². The number of rotatable bonds is 6. The summed E-state index contributed by atoms with van der Waals surface area (Å²) in [5, 5.41) is 1.75. The van der Waals surface area contributed by atoms with Crippen LogP contribution in [-0.2, 0) is 22.3 Å². The number of hydrogen-bond donors (Lipinski definition) is 0. The van der Waals surface area contributed by atoms with E-state index in [2.05, 4.69) is 0 Å². The summed E-state index contributed by atoms with van der Waals surface area (Å²) in [4.78, 5) is 23.3. The molecule has 2 aromatic heterocycles. The highest BCUT2D eigenvalue weighted by molar-refractivity contribution is 5.95. The zero-order chi connectivity index (χ0) is 20.4. The Balaban J connectivity index is 1.43. The van der Waals surface area contributed by atoms with E-state index in [0.717, 1.165) is 52.7 Å². The van der Waals surface area contributed by atoms with E-state index < -0.39 is 0 Å². The lowest BCUT2D eigenvalue weighted by atomic mass is 10.1. The smallest absolute Gasteiger partial charge is 0.337 e. The second kappa shape index (κ2) is 7.83. The first kappa shape index (κ1) is 18.8. The van der Waals surface area contributed by atoms with Gasteiger partial charge in [0.1, 0.15) is 22.7 Å². The highest BCUT2D eigenvalue weighted by Crippen LogP contribution is 2.25. The molecular formula is C23H20O6. The van der Waals surface area contributed by atoms with Crippen LogP contribution < -0.4 is 0 Å². The number of aryl methyl sites for hydroxylation is 2. The highest BCUT2D eigenvalue weighted by atomic mass is 16.5. The Morgan fingerprint density at radius 3 is 1.59 bits per heavy atom. The van der Waals surface area contributed by atoms with Gasteiger partial charge in [0.05, 0.1) is 25.3 Å². The molecule has 0 aliphatic carbocycles. The summed E-state index contributed by atoms with van der Waals surface area (Å²) < 4.78 is 21.2. The van der Waals surface area contributed by atoms with Gasteiger partial charge in [-0.1, -0.05) is 0 Å². The van der Waals surface area contributed by atoms with Crippen LogP contribution in [0.2, 0.25) is 0 Å². The third-order valence-corrected chi connectivity index (χ3v) is 4.82. The standard InChI is InChI=1S/C23H20O6/c1-26-22(24)14-6-8-20-16(10-14)12-18(28-20)4-3-5-19-13-17-11-15(23(25)27-2)7-9-21(17)29-19/h6-13H,3-5H2,1-2H3. The molecule has 0 aliphatic heterocycles. The molecule has 0 bridgehead atoms. The molecule has 148 valence electrons. The van der Waals surface area contributed by atoms with Gasteiger partial charge < -0.3 is 18.3 Å². The number of hydrogen-bond acceptors (Lipinski definition) is 6. The van der Waals surface area contributed by atoms with Gasteiger partial charge in [-0.25, -0.2) is 9.59 Å². The average molecular weight is 392 g/mol. The van der Waals surface area contributed by atoms with Crippen molar-refractivity contribution in [3.8, 4) is 0 Å². The molecular weight excluding hydrogens is 372 g/mol. The summed E-state index contributed by atoms with van der Waals surface area (Å²) in [6.45, 7) is 0. The molecule has 0 radical (unpaired) electrons. The summed E-state index contributed by atoms with van der Waals surface area (Å²) in [6, 6.07) is 14.4. The van der Waals surface area contributed by atoms with Gasteiger partial charge in [-0.05, 0) is 55.0 Å². The molecule has 0 unspecified atom stereocenters. The number of esters is 2. The fourth-order valence-corrected chi connectivity index (χ4v) is 3.37. The normalized spacial score (nSPS) is 11.1. The molecule has 6 heteroatoms. The molecule has 0 aliphatic rings. The molecule has 2 aromatic carbocycles. The van der Waals surface area contributed by atoms with Gasteiger partial charge in [0, 0.05) is 23.6 Å². The van der Waals surface area contributed by atoms with Crippen LogP contribution in [0.1, 0.15) is 38.7 Å². The molecule has 2 heterocycles. The Kier molecular flexibility index (Phi) is 5.08. The fourth-order valence-electron chi connectivity index (χ4n) is 3.37. The number of methoxy groups -OCH3 is 2. The van der Waals surface area contributed by atoms with Crippen LogP contribution >= 0.6 is 0 Å². The fraction of sp³-hybridized carbons (Fsp3) is 0.217. The van der Waals surface area contributed by atoms with Crippen LogP contribution in [0.25, 0.3) is 21.9 Å². The maximum atomic E-state index is 11.7. The number of furan rings is 2. The Morgan fingerprint density at radius 1 is 0.724 bits per heavy atom. The highest BCUT2D eigenvalue weighted by Gasteiger charge is 2.12. The van der Waals surface area contributed by atoms with Crippen molar-refractivity contribution in [2.45, 2.75) is 19.3 Å². The second-order valence-corrected chi connectivity index (χ2v) is 6.77. The van der Waals surface area contributed by atoms with Gasteiger partial charge in [-0.2, -0.15) is 0 Å². The Hall–Kier alpha value is -3.54. The van der Waals surface area contributed by atoms with E-state index in [1.54, 1.807) is 36.4 Å². The lowest BCUT2D eigenvalue weighted by Gasteiger charge is -1.97. The van der Waals surface area contributed by atoms with Crippen molar-refractivity contribution in [3.05, 3.63) is 71.2 Å². The molecule has 4 rings (SSSR count). The zero-order valence-corrected chi connectivity index (χ0v) is 16.2. The third kappa shape index (κ3) is 3.87. The number of carbonyl (C=O) groups excluding carboxylic acids is 2. The van der Waals surface area contributed by atoms with Crippen LogP contribution in [0.5, 0.6) is 0 Å². The number of carbonyl (C=O) groups is 2. The van der Waals surface area contributed by atoms with Crippen molar-refractivity contribution in [2.24, 2.45) is 0 Å². The summed E-state index contributed by atoms with van der Waals surface area (Å²) >= 11 is 0. The van der Waals surface area contributed by atoms with Gasteiger partial charge in [0.15, 0.2) is 0 Å². The maximum absolute atomic E-state index is 11.7. The molecule has 0 saturated heterocycles. The van der Waals surface area contributed by atoms with Crippen molar-refractivity contribution in [2.75, 3.05) is 14.2 Å². The lowest BCUT2D eigenvalue weighted by molar-refractivity contribution is 0.0592. The molecule has 29 heavy (non-hydrogen) atoms. The molecule has 0 N–H and O–H groups in total. The molecule has 6 nitrogen and oxygen atoms in total. The number of benzene rings is 2. The van der Waals surface area contributed by atoms with Crippen LogP contribution in [0.15, 0.2) is 57.4 Å². The Bertz CT molecular complexity index is 1100. The molecule has 0 atom stereocenters. The van der Waals surface area contributed by atoms with Crippen molar-refractivity contribution >= 4 is 33.9 Å². The monoisotopic (exact) mass is 392 g/mol. The Morgan fingerprint density at radius 2 is 1.17 bits per heavy atom. The summed E-state index contributed by atoms with van der Waals surface area (Å²) in [6.07, 6.45) is 2.33. The number of ether oxygens (including phenoxy) is 2. The van der Waals surface area contributed by atoms with Gasteiger partial charge in [0.2, 0.25) is 0 Å². The average Bonchev–Trinajstić information content (AvgIpc) is 3.34. The van der Waals surface area contributed by atoms with E-state index in [4.69, 9.17) is 18.3 Å². The first-order valence-corrected chi connectivity index (χ1v) is 9.29. The van der Waals surface area contributed by atoms with Gasteiger partial charge in [0.25, 0.3) is 0 Å². The van der Waals surface area contributed by atoms with E-state index in [0.29, 0.717) is 11.1 Å². The quantitative estimate of drug-likeness (QED) is 0.433. The van der Waals surface area contributed by atoms with Gasteiger partial charge >= 0.3 is 11.9 Å². The second-order valence-electron chi connectivity index (χ2n) is 6.77. The van der Waals surface area contributed by atoms with Crippen LogP contribution in [0.4, 0.5) is 0 Å². The summed E-state index contributed by atoms with van der Waals surface area (Å²) in [7, 11) is 2.73. The first-order chi connectivity index (χ1) is 14.1. The topological polar surface area (TPSA) is 78.9 Å². The minimum Gasteiger partial charge on any atom is -0.465 e. The van der Waals surface area contributed by atoms with Crippen molar-refractivity contribution < 1.29 is 27.9 Å². The molecule has 0 spiro atoms. The van der Waals surface area contributed by atoms with E-state index >= 15 is 0 Å². The van der Waals surface area contributed by atoms with E-state index in [1.807, 2.05) is 12.1 Å². The first-order valence-electron chi connectivity index (χ1n) is 9.29. The predicted molar refractivity (Wildman–Crippen MR) is 107 cm³/mol. The third-order valence-electron chi connectivity index (χ3n) is 4.82.